The summed E-state index contributed by atoms with van der Waals surface area (Å²) in [6.45, 7) is 23.4. The fourth-order valence-corrected chi connectivity index (χ4v) is 15.8. The van der Waals surface area contributed by atoms with E-state index in [1.807, 2.05) is 47.8 Å². The van der Waals surface area contributed by atoms with Gasteiger partial charge in [-0.15, -0.1) is 45.3 Å². The van der Waals surface area contributed by atoms with Crippen LogP contribution in [0.2, 0.25) is 0 Å². The molecule has 79 heavy (non-hydrogen) atoms. The molecule has 4 heterocycles. The number of nitriles is 2. The monoisotopic (exact) mass is 1250 g/mol. The SMILES string of the molecule is CCCCCCc1cc(-c2sc(C=O)cc2CCCCCC)sc1Br.[C-]#[N+]/C(C#N)=C1\C(=C\c2cc(CCCCCC)c(-c3cc(CCCCCC)c(Br)s3)s2)C(=O)c2ccccc21.[C-]#[N+]/C(C#N)=C1\CC(=O)c2ccccc21. The van der Waals surface area contributed by atoms with Gasteiger partial charge in [-0.05, 0) is 153 Å². The van der Waals surface area contributed by atoms with Crippen LogP contribution >= 0.6 is 77.2 Å². The first-order valence-corrected chi connectivity index (χ1v) is 32.6. The van der Waals surface area contributed by atoms with Gasteiger partial charge in [0.25, 0.3) is 11.4 Å². The van der Waals surface area contributed by atoms with Gasteiger partial charge in [0.05, 0.1) is 37.7 Å². The molecular formula is C66H68Br2N4O3S4. The number of nitrogens with zero attached hydrogens (tertiary/aromatic N) is 4. The van der Waals surface area contributed by atoms with Crippen LogP contribution in [0.4, 0.5) is 0 Å². The smallest absolute Gasteiger partial charge is 0.270 e. The minimum Gasteiger partial charge on any atom is -0.297 e. The average molecular weight is 1250 g/mol. The maximum absolute atomic E-state index is 13.4. The Labute approximate surface area is 501 Å². The van der Waals surface area contributed by atoms with Gasteiger partial charge in [0.2, 0.25) is 0 Å². The van der Waals surface area contributed by atoms with Crippen molar-refractivity contribution in [1.29, 1.82) is 10.5 Å². The van der Waals surface area contributed by atoms with Gasteiger partial charge in [-0.25, -0.2) is 20.2 Å². The number of thiophene rings is 4. The van der Waals surface area contributed by atoms with E-state index in [0.29, 0.717) is 33.4 Å². The van der Waals surface area contributed by atoms with Crippen molar-refractivity contribution < 1.29 is 14.4 Å². The Kier molecular flexibility index (Phi) is 25.8. The number of hydrogen-bond donors (Lipinski definition) is 0. The normalized spacial score (nSPS) is 14.0. The van der Waals surface area contributed by atoms with E-state index in [2.05, 4.69) is 93.5 Å². The quantitative estimate of drug-likeness (QED) is 0.0197. The van der Waals surface area contributed by atoms with E-state index in [1.54, 1.807) is 64.3 Å². The molecule has 2 aliphatic rings. The number of halogens is 2. The third kappa shape index (κ3) is 16.7. The van der Waals surface area contributed by atoms with Crippen molar-refractivity contribution in [1.82, 2.24) is 0 Å². The number of carbonyl (C=O) groups is 3. The van der Waals surface area contributed by atoms with Crippen molar-refractivity contribution >= 4 is 112 Å². The lowest BCUT2D eigenvalue weighted by Gasteiger charge is -2.02. The maximum Gasteiger partial charge on any atom is 0.270 e. The predicted molar refractivity (Wildman–Crippen MR) is 340 cm³/mol. The lowest BCUT2D eigenvalue weighted by atomic mass is 10.0. The van der Waals surface area contributed by atoms with E-state index in [4.69, 9.17) is 18.4 Å². The van der Waals surface area contributed by atoms with Crippen molar-refractivity contribution in [3.63, 3.8) is 0 Å². The maximum atomic E-state index is 13.4. The first kappa shape index (κ1) is 62.6. The Hall–Kier alpha value is -5.61. The fraction of sp³-hybridized carbons (Fsp3) is 0.379. The number of carbonyl (C=O) groups excluding carboxylic acids is 3. The molecule has 2 aromatic carbocycles. The Morgan fingerprint density at radius 3 is 1.44 bits per heavy atom. The topological polar surface area (TPSA) is 108 Å². The largest absolute Gasteiger partial charge is 0.297 e. The number of Topliss-reactive ketones (excluding diaryl/α,β-unsaturated/α-hetero) is 2. The van der Waals surface area contributed by atoms with Crippen LogP contribution < -0.4 is 0 Å². The van der Waals surface area contributed by atoms with Crippen molar-refractivity contribution in [2.45, 2.75) is 163 Å². The molecule has 0 spiro atoms. The van der Waals surface area contributed by atoms with E-state index < -0.39 is 0 Å². The van der Waals surface area contributed by atoms with Crippen molar-refractivity contribution in [3.05, 3.63) is 174 Å². The molecule has 13 heteroatoms. The average Bonchev–Trinajstić information content (AvgIpc) is 4.35. The van der Waals surface area contributed by atoms with Crippen LogP contribution in [0.5, 0.6) is 0 Å². The standard InChI is InChI=1S/C33H33BrN2OS2.C21H29BrOS2.C12H6N2O/c1-4-6-8-10-14-22-18-24(38-32(22)29-19-23(33(34)39-29)15-11-9-7-5-2)20-27-30(28(21-35)36-3)25-16-12-13-17-26(25)31(27)37;1-3-5-7-9-11-16-13-18(15-23)24-20(16)19-14-17(21(22)25-19)12-10-8-6-4-2;1-14-11(7-13)10-6-12(15)9-5-3-2-4-8(9)10/h12-13,16-20H,4-11,14-15H2,1-2H3;13-15H,3-12H2,1-2H3;2-5H,6H2/b27-20-,30-28-;;11-10+. The van der Waals surface area contributed by atoms with Gasteiger partial charge in [0.15, 0.2) is 17.9 Å². The Bertz CT molecular complexity index is 3340. The minimum atomic E-state index is -0.121. The van der Waals surface area contributed by atoms with Crippen LogP contribution in [0, 0.1) is 35.8 Å². The van der Waals surface area contributed by atoms with Crippen molar-refractivity contribution in [3.8, 4) is 31.6 Å². The second-order valence-corrected chi connectivity index (χ2v) is 26.7. The second kappa shape index (κ2) is 32.6. The summed E-state index contributed by atoms with van der Waals surface area (Å²) in [4.78, 5) is 49.9. The van der Waals surface area contributed by atoms with E-state index in [0.717, 1.165) is 53.7 Å². The van der Waals surface area contributed by atoms with Gasteiger partial charge in [-0.3, -0.25) is 14.4 Å². The number of rotatable bonds is 24. The number of ketones is 2. The molecule has 0 atom stereocenters. The van der Waals surface area contributed by atoms with Crippen LogP contribution in [0.15, 0.2) is 97.3 Å². The molecule has 0 saturated heterocycles. The summed E-state index contributed by atoms with van der Waals surface area (Å²) in [6.07, 6.45) is 27.4. The zero-order valence-electron chi connectivity index (χ0n) is 45.8. The highest BCUT2D eigenvalue weighted by Gasteiger charge is 2.32. The molecule has 408 valence electrons. The summed E-state index contributed by atoms with van der Waals surface area (Å²) in [6, 6.07) is 27.2. The van der Waals surface area contributed by atoms with Gasteiger partial charge >= 0.3 is 0 Å². The highest BCUT2D eigenvalue weighted by Crippen LogP contribution is 2.46. The zero-order valence-corrected chi connectivity index (χ0v) is 52.3. The summed E-state index contributed by atoms with van der Waals surface area (Å²) < 4.78 is 2.47. The van der Waals surface area contributed by atoms with Crippen molar-refractivity contribution in [2.75, 3.05) is 0 Å². The van der Waals surface area contributed by atoms with E-state index in [9.17, 15) is 19.6 Å². The van der Waals surface area contributed by atoms with E-state index in [-0.39, 0.29) is 29.4 Å². The van der Waals surface area contributed by atoms with Gasteiger partial charge in [0, 0.05) is 53.1 Å². The third-order valence-corrected chi connectivity index (χ3v) is 20.5. The third-order valence-electron chi connectivity index (χ3n) is 14.0. The molecule has 7 nitrogen and oxygen atoms in total. The second-order valence-electron chi connectivity index (χ2n) is 19.8. The summed E-state index contributed by atoms with van der Waals surface area (Å²) in [5.41, 5.74) is 9.50. The van der Waals surface area contributed by atoms with E-state index in [1.165, 1.54) is 146 Å². The molecule has 0 amide bonds. The molecular weight excluding hydrogens is 1180 g/mol. The molecule has 0 aliphatic heterocycles. The molecule has 4 aromatic heterocycles. The summed E-state index contributed by atoms with van der Waals surface area (Å²) in [7, 11) is 0. The number of fused-ring (bicyclic) bond motifs is 2. The number of allylic oxidation sites excluding steroid dienone is 5. The first-order chi connectivity index (χ1) is 38.5. The molecule has 6 aromatic rings. The molecule has 8 rings (SSSR count). The summed E-state index contributed by atoms with van der Waals surface area (Å²) >= 11 is 14.6. The van der Waals surface area contributed by atoms with E-state index >= 15 is 0 Å². The van der Waals surface area contributed by atoms with Gasteiger partial charge < -0.3 is 0 Å². The van der Waals surface area contributed by atoms with Crippen LogP contribution in [-0.2, 0) is 25.7 Å². The molecule has 0 N–H and O–H groups in total. The molecule has 0 unspecified atom stereocenters. The van der Waals surface area contributed by atoms with Crippen LogP contribution in [-0.4, -0.2) is 17.9 Å². The molecule has 0 saturated carbocycles. The van der Waals surface area contributed by atoms with Gasteiger partial charge in [0.1, 0.15) is 0 Å². The van der Waals surface area contributed by atoms with Gasteiger partial charge in [-0.1, -0.05) is 153 Å². The fourth-order valence-electron chi connectivity index (χ4n) is 9.85. The van der Waals surface area contributed by atoms with Gasteiger partial charge in [-0.2, -0.15) is 0 Å². The highest BCUT2D eigenvalue weighted by molar-refractivity contribution is 9.11. The molecule has 0 fully saturated rings. The summed E-state index contributed by atoms with van der Waals surface area (Å²) in [5.74, 6) is -0.137. The zero-order chi connectivity index (χ0) is 56.7. The number of aldehydes is 1. The molecule has 0 radical (unpaired) electrons. The Morgan fingerprint density at radius 1 is 0.557 bits per heavy atom. The highest BCUT2D eigenvalue weighted by atomic mass is 79.9. The van der Waals surface area contributed by atoms with Crippen LogP contribution in [0.25, 0.3) is 46.4 Å². The first-order valence-electron chi connectivity index (χ1n) is 27.8. The summed E-state index contributed by atoms with van der Waals surface area (Å²) in [5, 5.41) is 18.4. The molecule has 0 bridgehead atoms. The molecule has 2 aliphatic carbocycles. The number of aryl methyl sites for hydroxylation is 4. The number of unbranched alkanes of at least 4 members (excludes halogenated alkanes) is 12. The minimum absolute atomic E-state index is 0.0167. The lowest BCUT2D eigenvalue weighted by Crippen LogP contribution is -1.95. The Morgan fingerprint density at radius 2 is 0.987 bits per heavy atom. The van der Waals surface area contributed by atoms with Crippen molar-refractivity contribution in [2.24, 2.45) is 0 Å². The van der Waals surface area contributed by atoms with Crippen LogP contribution in [0.3, 0.4) is 0 Å². The lowest BCUT2D eigenvalue weighted by molar-refractivity contribution is 0.100. The number of benzene rings is 2. The predicted octanol–water partition coefficient (Wildman–Crippen LogP) is 21.6. The van der Waals surface area contributed by atoms with Crippen LogP contribution in [0.1, 0.15) is 205 Å². The Balaban J connectivity index is 0.000000214. The number of hydrogen-bond acceptors (Lipinski definition) is 9.